The van der Waals surface area contributed by atoms with Crippen molar-refractivity contribution in [3.05, 3.63) is 24.8 Å². The van der Waals surface area contributed by atoms with E-state index in [-0.39, 0.29) is 0 Å². The molecule has 0 saturated heterocycles. The van der Waals surface area contributed by atoms with Crippen LogP contribution in [0.15, 0.2) is 18.2 Å². The molecule has 0 bridgehead atoms. The fourth-order valence-corrected chi connectivity index (χ4v) is 0.502. The smallest absolute Gasteiger partial charge is 0.00660 e. The average Bonchev–Trinajstić information content (AvgIpc) is 1.69. The van der Waals surface area contributed by atoms with Gasteiger partial charge in [0.05, 0.1) is 0 Å². The van der Waals surface area contributed by atoms with Crippen LogP contribution in [0.1, 0.15) is 6.42 Å². The molecular formula is C6H8Br. The molecule has 0 nitrogen and oxygen atoms in total. The molecule has 7 heavy (non-hydrogen) atoms. The summed E-state index contributed by atoms with van der Waals surface area (Å²) in [5.74, 6) is 0. The van der Waals surface area contributed by atoms with E-state index in [0.717, 1.165) is 11.8 Å². The van der Waals surface area contributed by atoms with Crippen molar-refractivity contribution in [2.75, 3.05) is 5.33 Å². The molecule has 0 aromatic carbocycles. The zero-order valence-corrected chi connectivity index (χ0v) is 5.69. The van der Waals surface area contributed by atoms with Gasteiger partial charge in [0.25, 0.3) is 0 Å². The van der Waals surface area contributed by atoms with Gasteiger partial charge in [-0.25, -0.2) is 0 Å². The zero-order valence-electron chi connectivity index (χ0n) is 4.10. The van der Waals surface area contributed by atoms with Gasteiger partial charge in [-0.1, -0.05) is 40.7 Å². The number of hydrogen-bond donors (Lipinski definition) is 0. The molecule has 0 aromatic heterocycles. The molecule has 0 spiro atoms. The third-order valence-electron chi connectivity index (χ3n) is 0.523. The molecule has 0 fully saturated rings. The van der Waals surface area contributed by atoms with E-state index in [0.29, 0.717) is 0 Å². The highest BCUT2D eigenvalue weighted by Crippen LogP contribution is 1.87. The maximum Gasteiger partial charge on any atom is 0.00660 e. The Labute approximate surface area is 53.1 Å². The molecule has 0 aliphatic heterocycles. The lowest BCUT2D eigenvalue weighted by atomic mass is 10.4. The van der Waals surface area contributed by atoms with Crippen LogP contribution in [0.25, 0.3) is 0 Å². The molecular weight excluding hydrogens is 152 g/mol. The topological polar surface area (TPSA) is 0 Å². The lowest BCUT2D eigenvalue weighted by Gasteiger charge is -1.75. The molecule has 0 aliphatic carbocycles. The first kappa shape index (κ1) is 6.96. The molecule has 1 heteroatoms. The van der Waals surface area contributed by atoms with Crippen molar-refractivity contribution in [2.24, 2.45) is 0 Å². The summed E-state index contributed by atoms with van der Waals surface area (Å²) in [7, 11) is 0. The Morgan fingerprint density at radius 2 is 2.29 bits per heavy atom. The summed E-state index contributed by atoms with van der Waals surface area (Å²) in [5.41, 5.74) is 0. The lowest BCUT2D eigenvalue weighted by molar-refractivity contribution is 1.26. The van der Waals surface area contributed by atoms with E-state index in [1.807, 2.05) is 12.2 Å². The average molecular weight is 160 g/mol. The van der Waals surface area contributed by atoms with Crippen LogP contribution in [0.3, 0.4) is 0 Å². The van der Waals surface area contributed by atoms with Gasteiger partial charge < -0.3 is 0 Å². The Morgan fingerprint density at radius 3 is 2.71 bits per heavy atom. The van der Waals surface area contributed by atoms with Crippen LogP contribution in [-0.4, -0.2) is 5.33 Å². The number of hydrogen-bond acceptors (Lipinski definition) is 0. The number of halogens is 1. The maximum absolute atomic E-state index is 5.04. The highest BCUT2D eigenvalue weighted by atomic mass is 79.9. The quantitative estimate of drug-likeness (QED) is 0.439. The number of alkyl halides is 1. The van der Waals surface area contributed by atoms with Gasteiger partial charge >= 0.3 is 0 Å². The number of allylic oxidation sites excluding steroid dienone is 3. The Morgan fingerprint density at radius 1 is 1.57 bits per heavy atom. The molecule has 0 unspecified atom stereocenters. The Balaban J connectivity index is 2.92. The van der Waals surface area contributed by atoms with Gasteiger partial charge in [-0.2, -0.15) is 0 Å². The summed E-state index contributed by atoms with van der Waals surface area (Å²) in [5, 5.41) is 1.01. The minimum Gasteiger partial charge on any atom is -0.0925 e. The van der Waals surface area contributed by atoms with E-state index < -0.39 is 0 Å². The SMILES string of the molecule is [CH]=C/C=C/CCBr. The molecule has 0 N–H and O–H groups in total. The second kappa shape index (κ2) is 5.96. The van der Waals surface area contributed by atoms with Gasteiger partial charge in [-0.05, 0) is 6.42 Å². The van der Waals surface area contributed by atoms with Gasteiger partial charge in [-0.15, -0.1) is 0 Å². The first-order chi connectivity index (χ1) is 3.41. The van der Waals surface area contributed by atoms with Crippen LogP contribution >= 0.6 is 15.9 Å². The summed E-state index contributed by atoms with van der Waals surface area (Å²) < 4.78 is 0. The zero-order chi connectivity index (χ0) is 5.54. The van der Waals surface area contributed by atoms with Crippen LogP contribution in [0.4, 0.5) is 0 Å². The molecule has 1 radical (unpaired) electrons. The number of rotatable bonds is 3. The van der Waals surface area contributed by atoms with Gasteiger partial charge in [0.15, 0.2) is 0 Å². The molecule has 0 heterocycles. The first-order valence-electron chi connectivity index (χ1n) is 2.18. The minimum atomic E-state index is 1.01. The van der Waals surface area contributed by atoms with Gasteiger partial charge in [0.1, 0.15) is 0 Å². The summed E-state index contributed by atoms with van der Waals surface area (Å²) in [4.78, 5) is 0. The fourth-order valence-electron chi connectivity index (χ4n) is 0.238. The molecule has 0 atom stereocenters. The van der Waals surface area contributed by atoms with Crippen molar-refractivity contribution >= 4 is 15.9 Å². The van der Waals surface area contributed by atoms with E-state index in [1.165, 1.54) is 6.08 Å². The van der Waals surface area contributed by atoms with E-state index in [1.54, 1.807) is 0 Å². The van der Waals surface area contributed by atoms with Crippen molar-refractivity contribution in [2.45, 2.75) is 6.42 Å². The minimum absolute atomic E-state index is 1.01. The molecule has 0 aromatic rings. The van der Waals surface area contributed by atoms with Crippen LogP contribution < -0.4 is 0 Å². The van der Waals surface area contributed by atoms with Gasteiger partial charge in [0, 0.05) is 5.33 Å². The molecule has 0 amide bonds. The third kappa shape index (κ3) is 5.96. The maximum atomic E-state index is 5.04. The third-order valence-corrected chi connectivity index (χ3v) is 0.981. The summed E-state index contributed by atoms with van der Waals surface area (Å²) >= 11 is 3.27. The van der Waals surface area contributed by atoms with E-state index >= 15 is 0 Å². The van der Waals surface area contributed by atoms with Crippen molar-refractivity contribution in [3.8, 4) is 0 Å². The first-order valence-corrected chi connectivity index (χ1v) is 3.30. The van der Waals surface area contributed by atoms with E-state index in [4.69, 9.17) is 6.58 Å². The van der Waals surface area contributed by atoms with Crippen molar-refractivity contribution in [1.82, 2.24) is 0 Å². The second-order valence-electron chi connectivity index (χ2n) is 1.10. The highest BCUT2D eigenvalue weighted by molar-refractivity contribution is 9.09. The summed E-state index contributed by atoms with van der Waals surface area (Å²) in [6.45, 7) is 5.04. The summed E-state index contributed by atoms with van der Waals surface area (Å²) in [6, 6.07) is 0. The fraction of sp³-hybridized carbons (Fsp3) is 0.333. The molecule has 0 rings (SSSR count). The predicted octanol–water partition coefficient (Wildman–Crippen LogP) is 2.32. The van der Waals surface area contributed by atoms with Gasteiger partial charge in [0.2, 0.25) is 0 Å². The van der Waals surface area contributed by atoms with Crippen LogP contribution in [-0.2, 0) is 0 Å². The molecule has 0 saturated carbocycles. The van der Waals surface area contributed by atoms with Gasteiger partial charge in [-0.3, -0.25) is 0 Å². The van der Waals surface area contributed by atoms with Crippen LogP contribution in [0.5, 0.6) is 0 Å². The lowest BCUT2D eigenvalue weighted by Crippen LogP contribution is -1.61. The van der Waals surface area contributed by atoms with Crippen molar-refractivity contribution < 1.29 is 0 Å². The monoisotopic (exact) mass is 159 g/mol. The Bertz CT molecular complexity index is 64.6. The predicted molar refractivity (Wildman–Crippen MR) is 36.4 cm³/mol. The normalized spacial score (nSPS) is 9.86. The molecule has 39 valence electrons. The Hall–Kier alpha value is -0.0400. The van der Waals surface area contributed by atoms with E-state index in [2.05, 4.69) is 15.9 Å². The van der Waals surface area contributed by atoms with Crippen LogP contribution in [0.2, 0.25) is 0 Å². The standard InChI is InChI=1S/C6H8Br/c1-2-3-4-5-6-7/h1-4H,5-6H2/b2-1?,4-3+. The van der Waals surface area contributed by atoms with Crippen LogP contribution in [0, 0.1) is 6.58 Å². The highest BCUT2D eigenvalue weighted by Gasteiger charge is 1.67. The second-order valence-corrected chi connectivity index (χ2v) is 1.89. The van der Waals surface area contributed by atoms with E-state index in [9.17, 15) is 0 Å². The largest absolute Gasteiger partial charge is 0.0925 e. The Kier molecular flexibility index (Phi) is 5.93. The molecule has 0 aliphatic rings. The summed E-state index contributed by atoms with van der Waals surface area (Å²) in [6.07, 6.45) is 6.42. The van der Waals surface area contributed by atoms with Crippen molar-refractivity contribution in [1.29, 1.82) is 0 Å². The van der Waals surface area contributed by atoms with Crippen molar-refractivity contribution in [3.63, 3.8) is 0 Å².